The molecule has 0 unspecified atom stereocenters. The van der Waals surface area contributed by atoms with Crippen LogP contribution in [0.4, 0.5) is 0 Å². The van der Waals surface area contributed by atoms with Crippen LogP contribution in [-0.2, 0) is 25.7 Å². The third-order valence-electron chi connectivity index (χ3n) is 5.78. The van der Waals surface area contributed by atoms with Crippen LogP contribution in [0.5, 0.6) is 0 Å². The van der Waals surface area contributed by atoms with Crippen molar-refractivity contribution in [3.8, 4) is 0 Å². The van der Waals surface area contributed by atoms with Gasteiger partial charge in [-0.15, -0.1) is 0 Å². The average Bonchev–Trinajstić information content (AvgIpc) is 2.66. The average molecular weight is 328 g/mol. The minimum absolute atomic E-state index is 0.0179. The lowest BCUT2D eigenvalue weighted by molar-refractivity contribution is -0.157. The minimum atomic E-state index is -1.03. The third-order valence-corrected chi connectivity index (χ3v) is 5.78. The first kappa shape index (κ1) is 16.9. The standard InChI is InChI=1S/C20H24O4/c21-17(9-13-20-10-6-15(7-11-20)8-12-20)18(22)19(23)24-14-16-4-2-1-3-5-16/h1-5,15H,6-14H2. The number of fused-ring (bicyclic) bond motifs is 3. The third kappa shape index (κ3) is 3.92. The number of carbonyl (C=O) groups is 3. The number of carbonyl (C=O) groups excluding carboxylic acids is 3. The van der Waals surface area contributed by atoms with Crippen LogP contribution < -0.4 is 0 Å². The van der Waals surface area contributed by atoms with Crippen LogP contribution in [0.1, 0.15) is 56.9 Å². The van der Waals surface area contributed by atoms with E-state index in [0.717, 1.165) is 37.2 Å². The molecular weight excluding hydrogens is 304 g/mol. The molecule has 128 valence electrons. The second-order valence-electron chi connectivity index (χ2n) is 7.30. The summed E-state index contributed by atoms with van der Waals surface area (Å²) in [5.41, 5.74) is 1.03. The van der Waals surface area contributed by atoms with E-state index in [-0.39, 0.29) is 18.4 Å². The number of ether oxygens (including phenoxy) is 1. The molecule has 0 N–H and O–H groups in total. The van der Waals surface area contributed by atoms with Gasteiger partial charge in [-0.3, -0.25) is 9.59 Å². The van der Waals surface area contributed by atoms with E-state index in [1.807, 2.05) is 18.2 Å². The number of rotatable bonds is 7. The van der Waals surface area contributed by atoms with Crippen LogP contribution in [0.15, 0.2) is 30.3 Å². The van der Waals surface area contributed by atoms with Gasteiger partial charge in [-0.1, -0.05) is 30.3 Å². The van der Waals surface area contributed by atoms with Gasteiger partial charge in [0.25, 0.3) is 0 Å². The van der Waals surface area contributed by atoms with E-state index in [1.54, 1.807) is 12.1 Å². The molecule has 3 fully saturated rings. The Morgan fingerprint density at radius 2 is 1.62 bits per heavy atom. The molecule has 4 rings (SSSR count). The molecule has 3 saturated carbocycles. The Bertz CT molecular complexity index is 598. The van der Waals surface area contributed by atoms with E-state index in [2.05, 4.69) is 0 Å². The molecule has 0 aliphatic heterocycles. The van der Waals surface area contributed by atoms with Crippen LogP contribution in [0.3, 0.4) is 0 Å². The molecule has 2 bridgehead atoms. The van der Waals surface area contributed by atoms with Crippen LogP contribution in [0.25, 0.3) is 0 Å². The van der Waals surface area contributed by atoms with Gasteiger partial charge < -0.3 is 4.74 Å². The van der Waals surface area contributed by atoms with Crippen molar-refractivity contribution in [2.24, 2.45) is 11.3 Å². The SMILES string of the molecule is O=C(CCC12CCC(CC1)CC2)C(=O)C(=O)OCc1ccccc1. The van der Waals surface area contributed by atoms with Gasteiger partial charge in [0.2, 0.25) is 5.78 Å². The van der Waals surface area contributed by atoms with Gasteiger partial charge in [-0.2, -0.15) is 0 Å². The van der Waals surface area contributed by atoms with Crippen molar-refractivity contribution in [3.63, 3.8) is 0 Å². The molecular formula is C20H24O4. The molecule has 0 amide bonds. The highest BCUT2D eigenvalue weighted by molar-refractivity contribution is 6.62. The van der Waals surface area contributed by atoms with Gasteiger partial charge in [-0.25, -0.2) is 4.79 Å². The lowest BCUT2D eigenvalue weighted by Gasteiger charge is -2.46. The van der Waals surface area contributed by atoms with Gasteiger partial charge >= 0.3 is 11.8 Å². The molecule has 3 aliphatic carbocycles. The van der Waals surface area contributed by atoms with Crippen molar-refractivity contribution >= 4 is 17.5 Å². The second kappa shape index (κ2) is 7.29. The monoisotopic (exact) mass is 328 g/mol. The summed E-state index contributed by atoms with van der Waals surface area (Å²) in [5.74, 6) is -1.77. The Labute approximate surface area is 142 Å². The highest BCUT2D eigenvalue weighted by Gasteiger charge is 2.40. The maximum atomic E-state index is 12.1. The van der Waals surface area contributed by atoms with Crippen molar-refractivity contribution in [2.75, 3.05) is 0 Å². The normalized spacial score (nSPS) is 25.2. The molecule has 0 aromatic heterocycles. The molecule has 0 atom stereocenters. The summed E-state index contributed by atoms with van der Waals surface area (Å²) in [5, 5.41) is 0. The van der Waals surface area contributed by atoms with Crippen molar-refractivity contribution < 1.29 is 19.1 Å². The van der Waals surface area contributed by atoms with E-state index in [9.17, 15) is 14.4 Å². The summed E-state index contributed by atoms with van der Waals surface area (Å²) in [4.78, 5) is 35.7. The van der Waals surface area contributed by atoms with Crippen LogP contribution in [0.2, 0.25) is 0 Å². The summed E-state index contributed by atoms with van der Waals surface area (Å²) < 4.78 is 4.95. The van der Waals surface area contributed by atoms with E-state index >= 15 is 0 Å². The Morgan fingerprint density at radius 3 is 2.25 bits per heavy atom. The summed E-state index contributed by atoms with van der Waals surface area (Å²) in [6, 6.07) is 9.12. The van der Waals surface area contributed by atoms with Crippen LogP contribution >= 0.6 is 0 Å². The summed E-state index contributed by atoms with van der Waals surface area (Å²) in [6.07, 6.45) is 8.15. The maximum absolute atomic E-state index is 12.1. The first-order chi connectivity index (χ1) is 11.6. The van der Waals surface area contributed by atoms with E-state index in [0.29, 0.717) is 0 Å². The van der Waals surface area contributed by atoms with Crippen LogP contribution in [-0.4, -0.2) is 17.5 Å². The lowest BCUT2D eigenvalue weighted by atomic mass is 9.59. The van der Waals surface area contributed by atoms with Crippen molar-refractivity contribution in [2.45, 2.75) is 58.0 Å². The zero-order valence-corrected chi connectivity index (χ0v) is 14.0. The fourth-order valence-electron chi connectivity index (χ4n) is 4.11. The highest BCUT2D eigenvalue weighted by atomic mass is 16.5. The number of ketones is 2. The van der Waals surface area contributed by atoms with Crippen molar-refractivity contribution in [3.05, 3.63) is 35.9 Å². The number of hydrogen-bond acceptors (Lipinski definition) is 4. The fourth-order valence-corrected chi connectivity index (χ4v) is 4.11. The molecule has 0 spiro atoms. The molecule has 24 heavy (non-hydrogen) atoms. The quantitative estimate of drug-likeness (QED) is 0.436. The van der Waals surface area contributed by atoms with Gasteiger partial charge in [-0.05, 0) is 61.8 Å². The Kier molecular flexibility index (Phi) is 5.12. The summed E-state index contributed by atoms with van der Waals surface area (Å²) in [7, 11) is 0. The fraction of sp³-hybridized carbons (Fsp3) is 0.550. The Balaban J connectivity index is 1.45. The topological polar surface area (TPSA) is 60.4 Å². The van der Waals surface area contributed by atoms with Gasteiger partial charge in [0.05, 0.1) is 0 Å². The summed E-state index contributed by atoms with van der Waals surface area (Å²) >= 11 is 0. The van der Waals surface area contributed by atoms with E-state index in [1.165, 1.54) is 19.3 Å². The number of esters is 1. The number of hydrogen-bond donors (Lipinski definition) is 0. The smallest absolute Gasteiger partial charge is 0.383 e. The first-order valence-corrected chi connectivity index (χ1v) is 8.86. The minimum Gasteiger partial charge on any atom is -0.455 e. The number of Topliss-reactive ketones (excluding diaryl/α,β-unsaturated/α-hetero) is 2. The van der Waals surface area contributed by atoms with Gasteiger partial charge in [0.15, 0.2) is 0 Å². The molecule has 0 saturated heterocycles. The lowest BCUT2D eigenvalue weighted by Crippen LogP contribution is -2.35. The summed E-state index contributed by atoms with van der Waals surface area (Å²) in [6.45, 7) is 0.0179. The zero-order chi connectivity index (χ0) is 17.0. The molecule has 0 heterocycles. The maximum Gasteiger partial charge on any atom is 0.383 e. The van der Waals surface area contributed by atoms with E-state index < -0.39 is 17.5 Å². The molecule has 1 aromatic rings. The second-order valence-corrected chi connectivity index (χ2v) is 7.30. The van der Waals surface area contributed by atoms with Crippen molar-refractivity contribution in [1.82, 2.24) is 0 Å². The first-order valence-electron chi connectivity index (χ1n) is 8.86. The molecule has 0 radical (unpaired) electrons. The molecule has 4 heteroatoms. The molecule has 1 aromatic carbocycles. The van der Waals surface area contributed by atoms with Gasteiger partial charge in [0, 0.05) is 6.42 Å². The van der Waals surface area contributed by atoms with Crippen molar-refractivity contribution in [1.29, 1.82) is 0 Å². The van der Waals surface area contributed by atoms with Gasteiger partial charge in [0.1, 0.15) is 6.61 Å². The zero-order valence-electron chi connectivity index (χ0n) is 14.0. The Hall–Kier alpha value is -1.97. The molecule has 3 aliphatic rings. The van der Waals surface area contributed by atoms with E-state index in [4.69, 9.17) is 4.74 Å². The molecule has 4 nitrogen and oxygen atoms in total. The number of benzene rings is 1. The van der Waals surface area contributed by atoms with Crippen LogP contribution in [0, 0.1) is 11.3 Å². The Morgan fingerprint density at radius 1 is 1.00 bits per heavy atom. The highest BCUT2D eigenvalue weighted by Crippen LogP contribution is 2.52. The predicted octanol–water partition coefficient (Wildman–Crippen LogP) is 3.62. The predicted molar refractivity (Wildman–Crippen MR) is 89.1 cm³/mol. The largest absolute Gasteiger partial charge is 0.455 e.